The number of fused-ring (bicyclic) bond motifs is 2. The quantitative estimate of drug-likeness (QED) is 0.564. The van der Waals surface area contributed by atoms with Crippen LogP contribution in [-0.4, -0.2) is 30.3 Å². The molecule has 0 amide bonds. The van der Waals surface area contributed by atoms with Crippen molar-refractivity contribution >= 4 is 21.7 Å². The number of rotatable bonds is 2. The molecule has 0 saturated heterocycles. The van der Waals surface area contributed by atoms with Gasteiger partial charge in [-0.3, -0.25) is 14.1 Å². The zero-order valence-corrected chi connectivity index (χ0v) is 10.0. The highest BCUT2D eigenvalue weighted by molar-refractivity contribution is 7.85. The van der Waals surface area contributed by atoms with E-state index >= 15 is 0 Å². The zero-order chi connectivity index (χ0) is 12.4. The summed E-state index contributed by atoms with van der Waals surface area (Å²) in [5, 5.41) is 0. The van der Waals surface area contributed by atoms with E-state index in [0.29, 0.717) is 12.8 Å². The molecule has 16 heavy (non-hydrogen) atoms. The molecule has 1 N–H and O–H groups in total. The van der Waals surface area contributed by atoms with E-state index in [-0.39, 0.29) is 5.92 Å². The van der Waals surface area contributed by atoms with Crippen LogP contribution in [0.1, 0.15) is 26.7 Å². The Labute approximate surface area is 94.0 Å². The molecule has 2 rings (SSSR count). The molecule has 0 aromatic rings. The monoisotopic (exact) mass is 246 g/mol. The van der Waals surface area contributed by atoms with Crippen LogP contribution in [0.25, 0.3) is 0 Å². The number of ketones is 2. The maximum absolute atomic E-state index is 11.9. The van der Waals surface area contributed by atoms with E-state index in [2.05, 4.69) is 0 Å². The predicted molar refractivity (Wildman–Crippen MR) is 55.4 cm³/mol. The fourth-order valence-corrected chi connectivity index (χ4v) is 4.57. The summed E-state index contributed by atoms with van der Waals surface area (Å²) in [6, 6.07) is 0. The molecular weight excluding hydrogens is 232 g/mol. The van der Waals surface area contributed by atoms with Crippen molar-refractivity contribution in [2.45, 2.75) is 26.7 Å². The Kier molecular flexibility index (Phi) is 2.14. The summed E-state index contributed by atoms with van der Waals surface area (Å²) >= 11 is 0. The van der Waals surface area contributed by atoms with Crippen LogP contribution in [0.2, 0.25) is 0 Å². The Balaban J connectivity index is 2.54. The first-order valence-corrected chi connectivity index (χ1v) is 6.76. The third kappa shape index (κ3) is 1.23. The second kappa shape index (κ2) is 2.92. The molecule has 0 aromatic heterocycles. The first-order valence-electron chi connectivity index (χ1n) is 5.16. The van der Waals surface area contributed by atoms with E-state index in [1.807, 2.05) is 0 Å². The lowest BCUT2D eigenvalue weighted by atomic mass is 9.70. The second-order valence-corrected chi connectivity index (χ2v) is 6.77. The lowest BCUT2D eigenvalue weighted by Crippen LogP contribution is -2.43. The zero-order valence-electron chi connectivity index (χ0n) is 9.19. The number of hydrogen-bond donors (Lipinski definition) is 1. The lowest BCUT2D eigenvalue weighted by Gasteiger charge is -2.34. The van der Waals surface area contributed by atoms with E-state index in [4.69, 9.17) is 4.55 Å². The van der Waals surface area contributed by atoms with E-state index < -0.39 is 38.3 Å². The molecule has 2 aliphatic rings. The minimum Gasteiger partial charge on any atom is -0.291 e. The average Bonchev–Trinajstić information content (AvgIpc) is 2.39. The third-order valence-corrected chi connectivity index (χ3v) is 5.23. The molecule has 0 aromatic carbocycles. The molecule has 5 nitrogen and oxygen atoms in total. The summed E-state index contributed by atoms with van der Waals surface area (Å²) in [5.41, 5.74) is -1.88. The molecule has 2 saturated carbocycles. The minimum atomic E-state index is -4.25. The SMILES string of the molecule is CC1(C)[C@@H]2CC[C@]1(CS(=O)(=O)O)C(=O)C2=O. The molecular formula is C10H14O5S. The normalized spacial score (nSPS) is 37.1. The molecule has 2 fully saturated rings. The summed E-state index contributed by atoms with van der Waals surface area (Å²) in [6.07, 6.45) is 0.905. The van der Waals surface area contributed by atoms with Crippen LogP contribution in [0.5, 0.6) is 0 Å². The van der Waals surface area contributed by atoms with E-state index in [0.717, 1.165) is 0 Å². The Bertz CT molecular complexity index is 475. The number of carbonyl (C=O) groups is 2. The second-order valence-electron chi connectivity index (χ2n) is 5.31. The largest absolute Gasteiger partial charge is 0.291 e. The van der Waals surface area contributed by atoms with Gasteiger partial charge in [0.15, 0.2) is 0 Å². The summed E-state index contributed by atoms with van der Waals surface area (Å²) in [6.45, 7) is 3.47. The molecule has 90 valence electrons. The molecule has 0 aliphatic heterocycles. The Morgan fingerprint density at radius 3 is 2.31 bits per heavy atom. The smallest absolute Gasteiger partial charge is 0.265 e. The van der Waals surface area contributed by atoms with Gasteiger partial charge in [0.1, 0.15) is 0 Å². The standard InChI is InChI=1S/C10H14O5S/c1-9(2)6-3-4-10(9,5-16(13,14)15)8(12)7(6)11/h6H,3-5H2,1-2H3,(H,13,14,15)/t6-,10+/m1/s1. The van der Waals surface area contributed by atoms with Gasteiger partial charge in [0.05, 0.1) is 11.2 Å². The molecule has 0 unspecified atom stereocenters. The van der Waals surface area contributed by atoms with E-state index in [1.165, 1.54) is 0 Å². The van der Waals surface area contributed by atoms with Crippen molar-refractivity contribution in [1.82, 2.24) is 0 Å². The lowest BCUT2D eigenvalue weighted by molar-refractivity contribution is -0.141. The van der Waals surface area contributed by atoms with Crippen LogP contribution >= 0.6 is 0 Å². The van der Waals surface area contributed by atoms with Crippen molar-refractivity contribution in [2.75, 3.05) is 5.75 Å². The molecule has 2 aliphatic carbocycles. The molecule has 2 atom stereocenters. The number of hydrogen-bond acceptors (Lipinski definition) is 4. The molecule has 0 heterocycles. The van der Waals surface area contributed by atoms with Gasteiger partial charge in [-0.15, -0.1) is 0 Å². The van der Waals surface area contributed by atoms with Gasteiger partial charge in [-0.05, 0) is 18.3 Å². The van der Waals surface area contributed by atoms with Crippen molar-refractivity contribution in [3.63, 3.8) is 0 Å². The van der Waals surface area contributed by atoms with Crippen LogP contribution in [-0.2, 0) is 19.7 Å². The van der Waals surface area contributed by atoms with Gasteiger partial charge in [-0.25, -0.2) is 0 Å². The van der Waals surface area contributed by atoms with Crippen molar-refractivity contribution in [1.29, 1.82) is 0 Å². The van der Waals surface area contributed by atoms with Crippen LogP contribution < -0.4 is 0 Å². The van der Waals surface area contributed by atoms with E-state index in [1.54, 1.807) is 13.8 Å². The highest BCUT2D eigenvalue weighted by atomic mass is 32.2. The molecule has 2 bridgehead atoms. The van der Waals surface area contributed by atoms with Gasteiger partial charge in [-0.2, -0.15) is 8.42 Å². The summed E-state index contributed by atoms with van der Waals surface area (Å²) < 4.78 is 30.9. The third-order valence-electron chi connectivity index (χ3n) is 4.37. The van der Waals surface area contributed by atoms with Gasteiger partial charge in [-0.1, -0.05) is 13.8 Å². The Morgan fingerprint density at radius 1 is 1.38 bits per heavy atom. The van der Waals surface area contributed by atoms with Gasteiger partial charge < -0.3 is 0 Å². The summed E-state index contributed by atoms with van der Waals surface area (Å²) in [4.78, 5) is 23.5. The van der Waals surface area contributed by atoms with Gasteiger partial charge in [0.25, 0.3) is 10.1 Å². The fourth-order valence-electron chi connectivity index (χ4n) is 3.30. The van der Waals surface area contributed by atoms with Crippen LogP contribution in [0.3, 0.4) is 0 Å². The number of Topliss-reactive ketones (excluding diaryl/α,β-unsaturated/α-hetero) is 2. The van der Waals surface area contributed by atoms with Gasteiger partial charge in [0, 0.05) is 5.92 Å². The van der Waals surface area contributed by atoms with Crippen molar-refractivity contribution in [3.8, 4) is 0 Å². The maximum Gasteiger partial charge on any atom is 0.265 e. The van der Waals surface area contributed by atoms with E-state index in [9.17, 15) is 18.0 Å². The molecule has 0 spiro atoms. The highest BCUT2D eigenvalue weighted by Crippen LogP contribution is 2.62. The topological polar surface area (TPSA) is 88.5 Å². The molecule has 6 heteroatoms. The van der Waals surface area contributed by atoms with Crippen LogP contribution in [0, 0.1) is 16.7 Å². The Hall–Kier alpha value is -0.750. The van der Waals surface area contributed by atoms with Crippen molar-refractivity contribution in [2.24, 2.45) is 16.7 Å². The molecule has 0 radical (unpaired) electrons. The van der Waals surface area contributed by atoms with Crippen molar-refractivity contribution in [3.05, 3.63) is 0 Å². The number of carbonyl (C=O) groups excluding carboxylic acids is 2. The van der Waals surface area contributed by atoms with Crippen LogP contribution in [0.4, 0.5) is 0 Å². The first-order chi connectivity index (χ1) is 7.12. The van der Waals surface area contributed by atoms with Crippen molar-refractivity contribution < 1.29 is 22.6 Å². The maximum atomic E-state index is 11.9. The first kappa shape index (κ1) is 11.7. The van der Waals surface area contributed by atoms with Gasteiger partial charge in [0.2, 0.25) is 11.6 Å². The van der Waals surface area contributed by atoms with Crippen LogP contribution in [0.15, 0.2) is 0 Å². The van der Waals surface area contributed by atoms with Gasteiger partial charge >= 0.3 is 0 Å². The minimum absolute atomic E-state index is 0.370. The summed E-state index contributed by atoms with van der Waals surface area (Å²) in [7, 11) is -4.25. The summed E-state index contributed by atoms with van der Waals surface area (Å²) in [5.74, 6) is -2.11. The highest BCUT2D eigenvalue weighted by Gasteiger charge is 2.69. The Morgan fingerprint density at radius 2 is 1.94 bits per heavy atom. The fraction of sp³-hybridized carbons (Fsp3) is 0.800. The average molecular weight is 246 g/mol. The predicted octanol–water partition coefficient (Wildman–Crippen LogP) is 0.449.